The lowest BCUT2D eigenvalue weighted by molar-refractivity contribution is 0.102. The van der Waals surface area contributed by atoms with Gasteiger partial charge in [-0.2, -0.15) is 11.3 Å². The van der Waals surface area contributed by atoms with Crippen LogP contribution in [-0.2, 0) is 0 Å². The summed E-state index contributed by atoms with van der Waals surface area (Å²) in [4.78, 5) is 12.0. The van der Waals surface area contributed by atoms with Crippen molar-refractivity contribution in [1.82, 2.24) is 0 Å². The van der Waals surface area contributed by atoms with Gasteiger partial charge in [-0.1, -0.05) is 17.9 Å². The molecule has 4 heteroatoms. The first-order chi connectivity index (χ1) is 9.20. The second-order valence-corrected chi connectivity index (χ2v) is 4.74. The topological polar surface area (TPSA) is 49.3 Å². The zero-order chi connectivity index (χ0) is 13.7. The summed E-state index contributed by atoms with van der Waals surface area (Å²) >= 11 is 1.49. The number of aliphatic hydroxyl groups is 1. The molecule has 1 amide bonds. The van der Waals surface area contributed by atoms with Crippen molar-refractivity contribution in [2.45, 2.75) is 6.92 Å². The van der Waals surface area contributed by atoms with Crippen molar-refractivity contribution >= 4 is 22.9 Å². The molecule has 2 rings (SSSR count). The van der Waals surface area contributed by atoms with Crippen LogP contribution < -0.4 is 5.32 Å². The van der Waals surface area contributed by atoms with Crippen molar-refractivity contribution in [1.29, 1.82) is 0 Å². The normalized spacial score (nSPS) is 9.58. The Kier molecular flexibility index (Phi) is 4.35. The van der Waals surface area contributed by atoms with Gasteiger partial charge in [0.05, 0.1) is 5.56 Å². The van der Waals surface area contributed by atoms with Crippen LogP contribution in [0.15, 0.2) is 35.0 Å². The Morgan fingerprint density at radius 2 is 2.26 bits per heavy atom. The van der Waals surface area contributed by atoms with E-state index < -0.39 is 0 Å². The van der Waals surface area contributed by atoms with Crippen molar-refractivity contribution in [3.63, 3.8) is 0 Å². The first kappa shape index (κ1) is 13.3. The predicted molar refractivity (Wildman–Crippen MR) is 77.4 cm³/mol. The summed E-state index contributed by atoms with van der Waals surface area (Å²) in [7, 11) is 0. The molecule has 1 aromatic carbocycles. The zero-order valence-corrected chi connectivity index (χ0v) is 11.3. The molecule has 1 heterocycles. The highest BCUT2D eigenvalue weighted by Crippen LogP contribution is 2.18. The van der Waals surface area contributed by atoms with Crippen LogP contribution in [0.1, 0.15) is 21.5 Å². The third-order valence-corrected chi connectivity index (χ3v) is 3.26. The second kappa shape index (κ2) is 6.19. The van der Waals surface area contributed by atoms with Crippen LogP contribution in [0.3, 0.4) is 0 Å². The molecular formula is C15H13NO2S. The lowest BCUT2D eigenvalue weighted by Gasteiger charge is -2.08. The molecule has 0 aliphatic carbocycles. The van der Waals surface area contributed by atoms with Gasteiger partial charge in [-0.3, -0.25) is 4.79 Å². The number of anilines is 1. The maximum atomic E-state index is 12.0. The fraction of sp³-hybridized carbons (Fsp3) is 0.133. The highest BCUT2D eigenvalue weighted by atomic mass is 32.1. The third-order valence-electron chi connectivity index (χ3n) is 2.58. The van der Waals surface area contributed by atoms with Crippen molar-refractivity contribution in [3.05, 3.63) is 51.7 Å². The molecule has 19 heavy (non-hydrogen) atoms. The average molecular weight is 271 g/mol. The number of carbonyl (C=O) groups is 1. The third kappa shape index (κ3) is 3.44. The molecule has 2 aromatic rings. The van der Waals surface area contributed by atoms with E-state index >= 15 is 0 Å². The molecule has 0 saturated carbocycles. The van der Waals surface area contributed by atoms with Crippen LogP contribution >= 0.6 is 11.3 Å². The zero-order valence-electron chi connectivity index (χ0n) is 10.4. The summed E-state index contributed by atoms with van der Waals surface area (Å²) in [6.07, 6.45) is 0. The van der Waals surface area contributed by atoms with Gasteiger partial charge in [0.2, 0.25) is 0 Å². The van der Waals surface area contributed by atoms with Gasteiger partial charge >= 0.3 is 0 Å². The summed E-state index contributed by atoms with van der Waals surface area (Å²) in [6.45, 7) is 1.75. The molecule has 96 valence electrons. The molecule has 3 nitrogen and oxygen atoms in total. The summed E-state index contributed by atoms with van der Waals surface area (Å²) < 4.78 is 0. The van der Waals surface area contributed by atoms with Crippen LogP contribution in [0.4, 0.5) is 5.69 Å². The van der Waals surface area contributed by atoms with Gasteiger partial charge in [0.25, 0.3) is 5.91 Å². The van der Waals surface area contributed by atoms with E-state index in [-0.39, 0.29) is 12.5 Å². The van der Waals surface area contributed by atoms with E-state index in [1.807, 2.05) is 30.5 Å². The molecule has 0 fully saturated rings. The van der Waals surface area contributed by atoms with Crippen LogP contribution in [0.25, 0.3) is 0 Å². The Morgan fingerprint density at radius 3 is 2.95 bits per heavy atom. The summed E-state index contributed by atoms with van der Waals surface area (Å²) in [5.41, 5.74) is 3.12. The van der Waals surface area contributed by atoms with Gasteiger partial charge in [0, 0.05) is 16.6 Å². The Bertz CT molecular complexity index is 636. The second-order valence-electron chi connectivity index (χ2n) is 3.96. The minimum absolute atomic E-state index is 0.128. The van der Waals surface area contributed by atoms with E-state index in [1.165, 1.54) is 11.3 Å². The van der Waals surface area contributed by atoms with Gasteiger partial charge in [-0.05, 0) is 36.1 Å². The standard InChI is InChI=1S/C15H13NO2S/c1-11-4-5-12(3-2-7-17)9-14(11)16-15(18)13-6-8-19-10-13/h4-6,8-10,17H,7H2,1H3,(H,16,18). The largest absolute Gasteiger partial charge is 0.384 e. The minimum atomic E-state index is -0.176. The van der Waals surface area contributed by atoms with E-state index in [0.29, 0.717) is 5.56 Å². The van der Waals surface area contributed by atoms with Gasteiger partial charge in [0.1, 0.15) is 6.61 Å². The number of benzene rings is 1. The van der Waals surface area contributed by atoms with Crippen molar-refractivity contribution in [2.75, 3.05) is 11.9 Å². The minimum Gasteiger partial charge on any atom is -0.384 e. The summed E-state index contributed by atoms with van der Waals surface area (Å²) in [5.74, 6) is 5.28. The molecule has 2 N–H and O–H groups in total. The highest BCUT2D eigenvalue weighted by Gasteiger charge is 2.08. The number of amides is 1. The molecule has 0 unspecified atom stereocenters. The Hall–Kier alpha value is -2.09. The maximum absolute atomic E-state index is 12.0. The average Bonchev–Trinajstić information content (AvgIpc) is 2.93. The molecular weight excluding hydrogens is 258 g/mol. The van der Waals surface area contributed by atoms with Gasteiger partial charge in [-0.15, -0.1) is 0 Å². The number of aliphatic hydroxyl groups excluding tert-OH is 1. The number of nitrogens with one attached hydrogen (secondary N) is 1. The van der Waals surface area contributed by atoms with E-state index in [2.05, 4.69) is 17.2 Å². The Morgan fingerprint density at radius 1 is 1.42 bits per heavy atom. The number of hydrogen-bond acceptors (Lipinski definition) is 3. The van der Waals surface area contributed by atoms with Gasteiger partial charge in [0.15, 0.2) is 0 Å². The Balaban J connectivity index is 2.22. The van der Waals surface area contributed by atoms with Gasteiger partial charge in [-0.25, -0.2) is 0 Å². The van der Waals surface area contributed by atoms with Crippen molar-refractivity contribution in [2.24, 2.45) is 0 Å². The molecule has 1 aromatic heterocycles. The SMILES string of the molecule is Cc1ccc(C#CCO)cc1NC(=O)c1ccsc1. The van der Waals surface area contributed by atoms with E-state index in [4.69, 9.17) is 5.11 Å². The molecule has 0 spiro atoms. The smallest absolute Gasteiger partial charge is 0.256 e. The molecule has 0 saturated heterocycles. The number of rotatable bonds is 2. The molecule has 0 radical (unpaired) electrons. The number of hydrogen-bond donors (Lipinski definition) is 2. The Labute approximate surface area is 115 Å². The highest BCUT2D eigenvalue weighted by molar-refractivity contribution is 7.08. The van der Waals surface area contributed by atoms with Crippen LogP contribution in [0, 0.1) is 18.8 Å². The monoisotopic (exact) mass is 271 g/mol. The van der Waals surface area contributed by atoms with E-state index in [9.17, 15) is 4.79 Å². The quantitative estimate of drug-likeness (QED) is 0.825. The summed E-state index contributed by atoms with van der Waals surface area (Å²) in [5, 5.41) is 15.2. The lowest BCUT2D eigenvalue weighted by Crippen LogP contribution is -2.11. The maximum Gasteiger partial charge on any atom is 0.256 e. The number of carbonyl (C=O) groups excluding carboxylic acids is 1. The van der Waals surface area contributed by atoms with E-state index in [0.717, 1.165) is 16.8 Å². The molecule has 0 aliphatic heterocycles. The molecule has 0 aliphatic rings. The van der Waals surface area contributed by atoms with Crippen molar-refractivity contribution in [3.8, 4) is 11.8 Å². The summed E-state index contributed by atoms with van der Waals surface area (Å²) in [6, 6.07) is 7.34. The van der Waals surface area contributed by atoms with Crippen LogP contribution in [-0.4, -0.2) is 17.6 Å². The first-order valence-corrected chi connectivity index (χ1v) is 6.69. The number of thiophene rings is 1. The first-order valence-electron chi connectivity index (χ1n) is 5.74. The van der Waals surface area contributed by atoms with Crippen LogP contribution in [0.5, 0.6) is 0 Å². The van der Waals surface area contributed by atoms with Gasteiger partial charge < -0.3 is 10.4 Å². The molecule has 0 atom stereocenters. The van der Waals surface area contributed by atoms with Crippen molar-refractivity contribution < 1.29 is 9.90 Å². The number of aryl methyl sites for hydroxylation is 1. The van der Waals surface area contributed by atoms with Crippen LogP contribution in [0.2, 0.25) is 0 Å². The predicted octanol–water partition coefficient (Wildman–Crippen LogP) is 2.65. The fourth-order valence-electron chi connectivity index (χ4n) is 1.56. The molecule has 0 bridgehead atoms. The lowest BCUT2D eigenvalue weighted by atomic mass is 10.1. The fourth-order valence-corrected chi connectivity index (χ4v) is 2.20. The van der Waals surface area contributed by atoms with E-state index in [1.54, 1.807) is 11.4 Å².